The van der Waals surface area contributed by atoms with Crippen molar-refractivity contribution in [2.75, 3.05) is 13.2 Å². The number of aliphatic hydroxyl groups excluding tert-OH is 1. The van der Waals surface area contributed by atoms with Crippen LogP contribution in [0.1, 0.15) is 18.0 Å². The van der Waals surface area contributed by atoms with Gasteiger partial charge in [-0.25, -0.2) is 0 Å². The van der Waals surface area contributed by atoms with Crippen molar-refractivity contribution in [3.05, 3.63) is 48.0 Å². The van der Waals surface area contributed by atoms with Crippen LogP contribution in [0.5, 0.6) is 0 Å². The fourth-order valence-corrected chi connectivity index (χ4v) is 3.91. The Bertz CT molecular complexity index is 383. The van der Waals surface area contributed by atoms with Crippen LogP contribution in [0, 0.1) is 0 Å². The van der Waals surface area contributed by atoms with Crippen LogP contribution < -0.4 is 5.32 Å². The standard InChI is InChI=1S/C16H27NOSi/c1-14(13-19(2,3)4)10-11-17-16(12-18)15-8-6-5-7-9-15/h5-9,16-18H,1,10-13H2,2-4H3/t16-/m0/s1. The molecule has 0 aliphatic rings. The Kier molecular flexibility index (Phi) is 6.49. The van der Waals surface area contributed by atoms with Crippen molar-refractivity contribution in [1.82, 2.24) is 5.32 Å². The first-order chi connectivity index (χ1) is 8.92. The molecule has 0 bridgehead atoms. The zero-order valence-electron chi connectivity index (χ0n) is 12.4. The molecule has 0 aromatic heterocycles. The lowest BCUT2D eigenvalue weighted by Gasteiger charge is -2.20. The molecule has 0 amide bonds. The van der Waals surface area contributed by atoms with Crippen LogP contribution in [0.25, 0.3) is 0 Å². The summed E-state index contributed by atoms with van der Waals surface area (Å²) in [7, 11) is -1.05. The van der Waals surface area contributed by atoms with Crippen molar-refractivity contribution in [2.24, 2.45) is 0 Å². The molecule has 0 fully saturated rings. The zero-order chi connectivity index (χ0) is 14.3. The second-order valence-corrected chi connectivity index (χ2v) is 11.8. The normalized spacial score (nSPS) is 13.3. The number of aliphatic hydroxyl groups is 1. The molecule has 1 aromatic carbocycles. The average Bonchev–Trinajstić information content (AvgIpc) is 2.33. The van der Waals surface area contributed by atoms with Crippen molar-refractivity contribution in [3.63, 3.8) is 0 Å². The maximum atomic E-state index is 9.45. The Hall–Kier alpha value is -0.903. The minimum Gasteiger partial charge on any atom is -0.394 e. The lowest BCUT2D eigenvalue weighted by atomic mass is 10.1. The monoisotopic (exact) mass is 277 g/mol. The summed E-state index contributed by atoms with van der Waals surface area (Å²) in [5, 5.41) is 12.9. The molecule has 0 radical (unpaired) electrons. The second-order valence-electron chi connectivity index (χ2n) is 6.34. The Morgan fingerprint density at radius 1 is 1.26 bits per heavy atom. The number of hydrogen-bond acceptors (Lipinski definition) is 2. The van der Waals surface area contributed by atoms with Crippen LogP contribution in [-0.4, -0.2) is 26.3 Å². The molecule has 1 aromatic rings. The van der Waals surface area contributed by atoms with E-state index in [9.17, 15) is 5.11 Å². The lowest BCUT2D eigenvalue weighted by Crippen LogP contribution is -2.26. The van der Waals surface area contributed by atoms with E-state index in [1.165, 1.54) is 11.6 Å². The van der Waals surface area contributed by atoms with E-state index in [-0.39, 0.29) is 12.6 Å². The highest BCUT2D eigenvalue weighted by Crippen LogP contribution is 2.17. The predicted octanol–water partition coefficient (Wildman–Crippen LogP) is 3.59. The van der Waals surface area contributed by atoms with Crippen LogP contribution in [0.3, 0.4) is 0 Å². The van der Waals surface area contributed by atoms with Crippen LogP contribution >= 0.6 is 0 Å². The Balaban J connectivity index is 2.37. The third kappa shape index (κ3) is 6.71. The smallest absolute Gasteiger partial charge is 0.0626 e. The highest BCUT2D eigenvalue weighted by molar-refractivity contribution is 6.76. The minimum atomic E-state index is -1.05. The molecule has 0 aliphatic heterocycles. The number of benzene rings is 1. The molecule has 2 nitrogen and oxygen atoms in total. The molecule has 0 aliphatic carbocycles. The fraction of sp³-hybridized carbons (Fsp3) is 0.500. The molecule has 0 saturated carbocycles. The molecule has 3 heteroatoms. The van der Waals surface area contributed by atoms with E-state index in [4.69, 9.17) is 0 Å². The third-order valence-electron chi connectivity index (χ3n) is 3.03. The summed E-state index contributed by atoms with van der Waals surface area (Å²) in [4.78, 5) is 0. The molecule has 1 atom stereocenters. The molecule has 19 heavy (non-hydrogen) atoms. The van der Waals surface area contributed by atoms with Gasteiger partial charge in [-0.1, -0.05) is 55.5 Å². The van der Waals surface area contributed by atoms with Gasteiger partial charge in [0.05, 0.1) is 12.6 Å². The van der Waals surface area contributed by atoms with E-state index < -0.39 is 8.07 Å². The van der Waals surface area contributed by atoms with Gasteiger partial charge >= 0.3 is 0 Å². The van der Waals surface area contributed by atoms with Crippen molar-refractivity contribution >= 4 is 8.07 Å². The minimum absolute atomic E-state index is 0.0286. The molecular weight excluding hydrogens is 250 g/mol. The first-order valence-corrected chi connectivity index (χ1v) is 10.7. The Labute approximate surface area is 118 Å². The lowest BCUT2D eigenvalue weighted by molar-refractivity contribution is 0.245. The van der Waals surface area contributed by atoms with Gasteiger partial charge in [0, 0.05) is 8.07 Å². The van der Waals surface area contributed by atoms with Crippen molar-refractivity contribution < 1.29 is 5.11 Å². The summed E-state index contributed by atoms with van der Waals surface area (Å²) in [6.07, 6.45) is 0.994. The van der Waals surface area contributed by atoms with Crippen LogP contribution in [0.2, 0.25) is 25.7 Å². The molecule has 2 N–H and O–H groups in total. The molecule has 0 heterocycles. The van der Waals surface area contributed by atoms with Crippen LogP contribution in [-0.2, 0) is 0 Å². The zero-order valence-corrected chi connectivity index (χ0v) is 13.4. The molecule has 0 spiro atoms. The topological polar surface area (TPSA) is 32.3 Å². The molecule has 106 valence electrons. The summed E-state index contributed by atoms with van der Waals surface area (Å²) in [6, 6.07) is 11.3. The highest BCUT2D eigenvalue weighted by atomic mass is 28.3. The SMILES string of the molecule is C=C(CCN[C@@H](CO)c1ccccc1)C[Si](C)(C)C. The fourth-order valence-electron chi connectivity index (χ4n) is 2.23. The highest BCUT2D eigenvalue weighted by Gasteiger charge is 2.14. The summed E-state index contributed by atoms with van der Waals surface area (Å²) < 4.78 is 0. The third-order valence-corrected chi connectivity index (χ3v) is 4.59. The summed E-state index contributed by atoms with van der Waals surface area (Å²) in [5.41, 5.74) is 2.47. The summed E-state index contributed by atoms with van der Waals surface area (Å²) in [5.74, 6) is 0. The van der Waals surface area contributed by atoms with E-state index >= 15 is 0 Å². The van der Waals surface area contributed by atoms with E-state index in [0.29, 0.717) is 0 Å². The van der Waals surface area contributed by atoms with Crippen molar-refractivity contribution in [3.8, 4) is 0 Å². The van der Waals surface area contributed by atoms with Gasteiger partial charge in [-0.3, -0.25) is 0 Å². The molecular formula is C16H27NOSi. The van der Waals surface area contributed by atoms with Crippen LogP contribution in [0.15, 0.2) is 42.5 Å². The van der Waals surface area contributed by atoms with Gasteiger partial charge < -0.3 is 10.4 Å². The van der Waals surface area contributed by atoms with Crippen molar-refractivity contribution in [1.29, 1.82) is 0 Å². The van der Waals surface area contributed by atoms with E-state index in [1.807, 2.05) is 30.3 Å². The maximum Gasteiger partial charge on any atom is 0.0626 e. The molecule has 1 rings (SSSR count). The van der Waals surface area contributed by atoms with Gasteiger partial charge in [-0.2, -0.15) is 0 Å². The quantitative estimate of drug-likeness (QED) is 0.562. The van der Waals surface area contributed by atoms with Gasteiger partial charge in [-0.15, -0.1) is 6.58 Å². The molecule has 0 saturated heterocycles. The number of nitrogens with one attached hydrogen (secondary N) is 1. The molecule has 0 unspecified atom stereocenters. The maximum absolute atomic E-state index is 9.45. The van der Waals surface area contributed by atoms with Gasteiger partial charge in [-0.05, 0) is 24.6 Å². The van der Waals surface area contributed by atoms with E-state index in [2.05, 4.69) is 31.5 Å². The van der Waals surface area contributed by atoms with Gasteiger partial charge in [0.1, 0.15) is 0 Å². The Morgan fingerprint density at radius 3 is 2.42 bits per heavy atom. The average molecular weight is 277 g/mol. The predicted molar refractivity (Wildman–Crippen MR) is 86.2 cm³/mol. The summed E-state index contributed by atoms with van der Waals surface area (Å²) >= 11 is 0. The summed E-state index contributed by atoms with van der Waals surface area (Å²) in [6.45, 7) is 12.3. The van der Waals surface area contributed by atoms with E-state index in [0.717, 1.165) is 18.5 Å². The van der Waals surface area contributed by atoms with E-state index in [1.54, 1.807) is 0 Å². The Morgan fingerprint density at radius 2 is 1.89 bits per heavy atom. The van der Waals surface area contributed by atoms with Gasteiger partial charge in [0.2, 0.25) is 0 Å². The van der Waals surface area contributed by atoms with Crippen LogP contribution in [0.4, 0.5) is 0 Å². The van der Waals surface area contributed by atoms with Crippen molar-refractivity contribution in [2.45, 2.75) is 38.1 Å². The number of rotatable bonds is 8. The first-order valence-electron chi connectivity index (χ1n) is 6.98. The second kappa shape index (κ2) is 7.63. The first kappa shape index (κ1) is 16.2. The number of hydrogen-bond donors (Lipinski definition) is 2. The largest absolute Gasteiger partial charge is 0.394 e. The van der Waals surface area contributed by atoms with Gasteiger partial charge in [0.25, 0.3) is 0 Å². The van der Waals surface area contributed by atoms with Gasteiger partial charge in [0.15, 0.2) is 0 Å².